The van der Waals surface area contributed by atoms with Crippen molar-refractivity contribution in [2.24, 2.45) is 0 Å². The Morgan fingerprint density at radius 3 is 2.67 bits per heavy atom. The number of aryl methyl sites for hydroxylation is 1. The first-order chi connectivity index (χ1) is 17.5. The maximum absolute atomic E-state index is 13.4. The van der Waals surface area contributed by atoms with Gasteiger partial charge < -0.3 is 9.45 Å². The van der Waals surface area contributed by atoms with Crippen molar-refractivity contribution in [3.8, 4) is 0 Å². The summed E-state index contributed by atoms with van der Waals surface area (Å²) in [5, 5.41) is 0.926. The van der Waals surface area contributed by atoms with Gasteiger partial charge in [-0.2, -0.15) is 0 Å². The van der Waals surface area contributed by atoms with E-state index >= 15 is 0 Å². The molecule has 1 N–H and O–H groups in total. The third-order valence-electron chi connectivity index (χ3n) is 6.30. The van der Waals surface area contributed by atoms with Gasteiger partial charge in [-0.05, 0) is 54.4 Å². The Balaban J connectivity index is 1.21. The molecule has 4 aromatic rings. The number of fused-ring (bicyclic) bond motifs is 1. The lowest BCUT2D eigenvalue weighted by atomic mass is 10.1. The summed E-state index contributed by atoms with van der Waals surface area (Å²) in [7, 11) is 0. The first-order valence-electron chi connectivity index (χ1n) is 11.7. The number of halogens is 1. The molecule has 5 rings (SSSR count). The van der Waals surface area contributed by atoms with Gasteiger partial charge in [0.15, 0.2) is 0 Å². The number of nitrogens with zero attached hydrogens (tertiary/aromatic N) is 4. The van der Waals surface area contributed by atoms with Gasteiger partial charge in [-0.3, -0.25) is 19.7 Å². The highest BCUT2D eigenvalue weighted by Crippen LogP contribution is 2.25. The van der Waals surface area contributed by atoms with E-state index in [0.29, 0.717) is 54.4 Å². The summed E-state index contributed by atoms with van der Waals surface area (Å²) in [4.78, 5) is 26.0. The minimum absolute atomic E-state index is 0.0314. The van der Waals surface area contributed by atoms with E-state index in [-0.39, 0.29) is 11.7 Å². The maximum atomic E-state index is 13.4. The summed E-state index contributed by atoms with van der Waals surface area (Å²) < 4.78 is 29.5. The molecule has 2 aromatic carbocycles. The fraction of sp³-hybridized carbons (Fsp3) is 0.222. The smallest absolute Gasteiger partial charge is 0.253 e. The van der Waals surface area contributed by atoms with Crippen molar-refractivity contribution in [2.45, 2.75) is 18.4 Å². The molecule has 0 radical (unpaired) electrons. The van der Waals surface area contributed by atoms with Crippen molar-refractivity contribution >= 4 is 33.9 Å². The van der Waals surface area contributed by atoms with Crippen LogP contribution in [0.15, 0.2) is 78.1 Å². The molecular weight excluding hydrogens is 477 g/mol. The summed E-state index contributed by atoms with van der Waals surface area (Å²) >= 11 is -1.50. The second-order valence-electron chi connectivity index (χ2n) is 8.81. The Hall–Kier alpha value is -3.53. The van der Waals surface area contributed by atoms with Gasteiger partial charge >= 0.3 is 0 Å². The number of hydrogen-bond donors (Lipinski definition) is 1. The van der Waals surface area contributed by atoms with Crippen molar-refractivity contribution in [1.29, 1.82) is 0 Å². The number of amides is 1. The van der Waals surface area contributed by atoms with Crippen LogP contribution in [0.5, 0.6) is 0 Å². The Morgan fingerprint density at radius 1 is 1.08 bits per heavy atom. The third-order valence-corrected chi connectivity index (χ3v) is 7.43. The lowest BCUT2D eigenvalue weighted by molar-refractivity contribution is 0.0628. The third kappa shape index (κ3) is 5.33. The van der Waals surface area contributed by atoms with E-state index in [4.69, 9.17) is 0 Å². The average molecular weight is 504 g/mol. The Kier molecular flexibility index (Phi) is 7.13. The summed E-state index contributed by atoms with van der Waals surface area (Å²) in [6.07, 6.45) is 4.55. The second kappa shape index (κ2) is 10.6. The van der Waals surface area contributed by atoms with Crippen LogP contribution in [0.3, 0.4) is 0 Å². The van der Waals surface area contributed by atoms with Crippen LogP contribution in [0.25, 0.3) is 10.9 Å². The zero-order chi connectivity index (χ0) is 25.1. The van der Waals surface area contributed by atoms with Gasteiger partial charge in [0.2, 0.25) is 4.90 Å². The van der Waals surface area contributed by atoms with Crippen LogP contribution in [0.1, 0.15) is 21.5 Å². The number of carbonyl (C=O) groups excluding carboxylic acids is 1. The largest absolute Gasteiger partial charge is 0.588 e. The molecule has 1 aliphatic rings. The van der Waals surface area contributed by atoms with Crippen LogP contribution < -0.4 is 4.72 Å². The molecule has 0 spiro atoms. The number of rotatable bonds is 6. The highest BCUT2D eigenvalue weighted by Gasteiger charge is 2.23. The summed E-state index contributed by atoms with van der Waals surface area (Å²) in [6.45, 7) is 5.10. The van der Waals surface area contributed by atoms with Gasteiger partial charge in [-0.15, -0.1) is 0 Å². The van der Waals surface area contributed by atoms with E-state index < -0.39 is 11.4 Å². The minimum atomic E-state index is -1.50. The maximum Gasteiger partial charge on any atom is 0.253 e. The fourth-order valence-corrected chi connectivity index (χ4v) is 5.47. The molecule has 1 amide bonds. The zero-order valence-electron chi connectivity index (χ0n) is 19.9. The molecule has 3 heterocycles. The minimum Gasteiger partial charge on any atom is -0.588 e. The predicted octanol–water partition coefficient (Wildman–Crippen LogP) is 4.17. The van der Waals surface area contributed by atoms with Crippen LogP contribution in [0.2, 0.25) is 0 Å². The summed E-state index contributed by atoms with van der Waals surface area (Å²) in [5.74, 6) is -0.372. The van der Waals surface area contributed by atoms with E-state index in [1.807, 2.05) is 42.2 Å². The van der Waals surface area contributed by atoms with Crippen molar-refractivity contribution in [3.05, 3.63) is 95.7 Å². The molecule has 0 saturated carbocycles. The lowest BCUT2D eigenvalue weighted by Crippen LogP contribution is -2.48. The van der Waals surface area contributed by atoms with Gasteiger partial charge in [-0.1, -0.05) is 18.2 Å². The monoisotopic (exact) mass is 503 g/mol. The fourth-order valence-electron chi connectivity index (χ4n) is 4.38. The molecule has 7 nitrogen and oxygen atoms in total. The van der Waals surface area contributed by atoms with E-state index in [1.54, 1.807) is 30.6 Å². The van der Waals surface area contributed by atoms with Crippen molar-refractivity contribution in [1.82, 2.24) is 19.8 Å². The topological polar surface area (TPSA) is 84.4 Å². The summed E-state index contributed by atoms with van der Waals surface area (Å²) in [6, 6.07) is 16.3. The highest BCUT2D eigenvalue weighted by atomic mass is 32.2. The van der Waals surface area contributed by atoms with Gasteiger partial charge in [0.05, 0.1) is 11.9 Å². The van der Waals surface area contributed by atoms with Crippen molar-refractivity contribution < 1.29 is 13.7 Å². The molecule has 9 heteroatoms. The number of piperazine rings is 1. The Bertz CT molecular complexity index is 1390. The molecule has 1 atom stereocenters. The van der Waals surface area contributed by atoms with Crippen LogP contribution >= 0.6 is 0 Å². The van der Waals surface area contributed by atoms with Crippen molar-refractivity contribution in [3.63, 3.8) is 0 Å². The van der Waals surface area contributed by atoms with Crippen molar-refractivity contribution in [2.75, 3.05) is 30.9 Å². The first-order valence-corrected chi connectivity index (χ1v) is 12.9. The summed E-state index contributed by atoms with van der Waals surface area (Å²) in [5.41, 5.74) is 3.65. The number of nitrogens with one attached hydrogen (secondary N) is 1. The molecule has 0 bridgehead atoms. The van der Waals surface area contributed by atoms with Gasteiger partial charge in [-0.25, -0.2) is 9.11 Å². The number of carbonyl (C=O) groups is 1. The van der Waals surface area contributed by atoms with Gasteiger partial charge in [0, 0.05) is 56.1 Å². The molecular formula is C27H26FN5O2S. The van der Waals surface area contributed by atoms with E-state index in [0.717, 1.165) is 16.5 Å². The lowest BCUT2D eigenvalue weighted by Gasteiger charge is -2.34. The van der Waals surface area contributed by atoms with Gasteiger partial charge in [0.25, 0.3) is 5.91 Å². The van der Waals surface area contributed by atoms with Crippen LogP contribution in [0, 0.1) is 12.7 Å². The number of para-hydroxylation sites is 1. The second-order valence-corrected chi connectivity index (χ2v) is 9.99. The average Bonchev–Trinajstić information content (AvgIpc) is 2.89. The zero-order valence-corrected chi connectivity index (χ0v) is 20.7. The predicted molar refractivity (Wildman–Crippen MR) is 138 cm³/mol. The molecule has 1 unspecified atom stereocenters. The number of anilines is 1. The Labute approximate surface area is 212 Å². The van der Waals surface area contributed by atoms with E-state index in [9.17, 15) is 13.7 Å². The van der Waals surface area contributed by atoms with Crippen LogP contribution in [0.4, 0.5) is 10.1 Å². The molecule has 0 aliphatic carbocycles. The molecule has 2 aromatic heterocycles. The van der Waals surface area contributed by atoms with E-state index in [2.05, 4.69) is 19.6 Å². The standard InChI is InChI=1S/C27H26FN5O2S/c1-19-14-22(27(34)33-12-10-32(11-13-33)18-20-15-23(28)17-29-16-20)7-8-24(19)31-36(35)25-6-2-4-21-5-3-9-30-26(21)25/h2-9,14-17,31H,10-13,18H2,1H3. The number of aromatic nitrogens is 2. The quantitative estimate of drug-likeness (QED) is 0.398. The molecule has 184 valence electrons. The Morgan fingerprint density at radius 2 is 1.89 bits per heavy atom. The number of hydrogen-bond acceptors (Lipinski definition) is 6. The number of benzene rings is 2. The number of pyridine rings is 2. The SMILES string of the molecule is Cc1cc(C(=O)N2CCN(Cc3cncc(F)c3)CC2)ccc1N[S+]([O-])c1cccc2cccnc12. The molecule has 1 fully saturated rings. The molecule has 1 aliphatic heterocycles. The van der Waals surface area contributed by atoms with E-state index in [1.165, 1.54) is 12.3 Å². The highest BCUT2D eigenvalue weighted by molar-refractivity contribution is 7.93. The normalized spacial score (nSPS) is 15.1. The molecule has 1 saturated heterocycles. The van der Waals surface area contributed by atoms with Crippen LogP contribution in [-0.4, -0.2) is 56.4 Å². The first kappa shape index (κ1) is 24.2. The van der Waals surface area contributed by atoms with Crippen LogP contribution in [-0.2, 0) is 17.9 Å². The van der Waals surface area contributed by atoms with Gasteiger partial charge in [0.1, 0.15) is 22.7 Å². The molecule has 36 heavy (non-hydrogen) atoms.